The smallest absolute Gasteiger partial charge is 0.0938 e. The molecule has 14 heavy (non-hydrogen) atoms. The monoisotopic (exact) mass is 210 g/mol. The summed E-state index contributed by atoms with van der Waals surface area (Å²) in [5, 5.41) is 6.18. The van der Waals surface area contributed by atoms with Crippen molar-refractivity contribution < 1.29 is 4.74 Å². The Hall–Kier alpha value is -1.06. The van der Waals surface area contributed by atoms with E-state index in [4.69, 9.17) is 16.3 Å². The predicted molar refractivity (Wildman–Crippen MR) is 56.6 cm³/mol. The molecule has 3 nitrogen and oxygen atoms in total. The summed E-state index contributed by atoms with van der Waals surface area (Å²) in [7, 11) is 1.68. The van der Waals surface area contributed by atoms with Crippen LogP contribution in [-0.4, -0.2) is 23.5 Å². The van der Waals surface area contributed by atoms with Gasteiger partial charge in [-0.15, -0.1) is 0 Å². The van der Waals surface area contributed by atoms with Crippen LogP contribution in [0.4, 0.5) is 0 Å². The summed E-state index contributed by atoms with van der Waals surface area (Å²) >= 11 is 5.86. The molecule has 0 aliphatic heterocycles. The van der Waals surface area contributed by atoms with Gasteiger partial charge in [0.1, 0.15) is 0 Å². The van der Waals surface area contributed by atoms with E-state index in [0.717, 1.165) is 22.5 Å². The van der Waals surface area contributed by atoms with E-state index < -0.39 is 0 Å². The summed E-state index contributed by atoms with van der Waals surface area (Å²) in [5.74, 6) is 0. The van der Waals surface area contributed by atoms with Crippen molar-refractivity contribution in [2.75, 3.05) is 13.7 Å². The maximum atomic E-state index is 5.86. The van der Waals surface area contributed by atoms with Crippen molar-refractivity contribution in [3.8, 4) is 0 Å². The topological polar surface area (TPSA) is 27.1 Å². The lowest BCUT2D eigenvalue weighted by Crippen LogP contribution is -2.03. The number of ether oxygens (including phenoxy) is 1. The number of fused-ring (bicyclic) bond motifs is 1. The van der Waals surface area contributed by atoms with Gasteiger partial charge in [-0.2, -0.15) is 5.10 Å². The minimum Gasteiger partial charge on any atom is -0.383 e. The third-order valence-corrected chi connectivity index (χ3v) is 2.28. The fourth-order valence-corrected chi connectivity index (χ4v) is 1.51. The lowest BCUT2D eigenvalue weighted by Gasteiger charge is -1.97. The minimum absolute atomic E-state index is 0.668. The van der Waals surface area contributed by atoms with Gasteiger partial charge < -0.3 is 4.74 Å². The van der Waals surface area contributed by atoms with Gasteiger partial charge in [-0.3, -0.25) is 4.68 Å². The summed E-state index contributed by atoms with van der Waals surface area (Å²) in [4.78, 5) is 0. The Bertz CT molecular complexity index is 439. The fourth-order valence-electron chi connectivity index (χ4n) is 1.34. The molecule has 0 aliphatic rings. The van der Waals surface area contributed by atoms with E-state index in [1.807, 2.05) is 29.1 Å². The number of aromatic nitrogens is 2. The second-order valence-corrected chi connectivity index (χ2v) is 3.52. The molecular weight excluding hydrogens is 200 g/mol. The predicted octanol–water partition coefficient (Wildman–Crippen LogP) is 2.34. The molecule has 1 aromatic carbocycles. The second-order valence-electron chi connectivity index (χ2n) is 3.09. The molecule has 0 bridgehead atoms. The van der Waals surface area contributed by atoms with Crippen LogP contribution in [-0.2, 0) is 11.3 Å². The van der Waals surface area contributed by atoms with Crippen molar-refractivity contribution in [1.29, 1.82) is 0 Å². The Balaban J connectivity index is 2.32. The Morgan fingerprint density at radius 3 is 3.14 bits per heavy atom. The first-order valence-electron chi connectivity index (χ1n) is 4.41. The van der Waals surface area contributed by atoms with E-state index in [1.54, 1.807) is 7.11 Å². The van der Waals surface area contributed by atoms with Gasteiger partial charge in [0.2, 0.25) is 0 Å². The molecule has 0 N–H and O–H groups in total. The molecule has 0 spiro atoms. The normalized spacial score (nSPS) is 11.0. The molecule has 4 heteroatoms. The highest BCUT2D eigenvalue weighted by Gasteiger charge is 2.00. The number of rotatable bonds is 3. The maximum Gasteiger partial charge on any atom is 0.0938 e. The molecule has 0 aliphatic carbocycles. The third-order valence-electron chi connectivity index (χ3n) is 2.04. The number of hydrogen-bond donors (Lipinski definition) is 0. The fraction of sp³-hybridized carbons (Fsp3) is 0.300. The summed E-state index contributed by atoms with van der Waals surface area (Å²) in [6.07, 6.45) is 1.99. The molecule has 0 saturated heterocycles. The van der Waals surface area contributed by atoms with Crippen LogP contribution < -0.4 is 0 Å². The standard InChI is InChI=1S/C10H11ClN2O/c1-14-5-4-13-7-8-2-3-9(11)6-10(8)12-13/h2-3,6-7H,4-5H2,1H3. The van der Waals surface area contributed by atoms with E-state index in [-0.39, 0.29) is 0 Å². The Labute approximate surface area is 87.2 Å². The molecule has 1 aromatic heterocycles. The summed E-state index contributed by atoms with van der Waals surface area (Å²) in [5.41, 5.74) is 0.925. The molecular formula is C10H11ClN2O. The van der Waals surface area contributed by atoms with Crippen molar-refractivity contribution in [2.45, 2.75) is 6.54 Å². The van der Waals surface area contributed by atoms with Gasteiger partial charge in [-0.05, 0) is 18.2 Å². The zero-order chi connectivity index (χ0) is 9.97. The van der Waals surface area contributed by atoms with Gasteiger partial charge in [-0.25, -0.2) is 0 Å². The van der Waals surface area contributed by atoms with Crippen LogP contribution in [0.5, 0.6) is 0 Å². The van der Waals surface area contributed by atoms with Gasteiger partial charge in [-0.1, -0.05) is 11.6 Å². The van der Waals surface area contributed by atoms with Crippen LogP contribution in [0.3, 0.4) is 0 Å². The summed E-state index contributed by atoms with van der Waals surface area (Å²) in [6, 6.07) is 5.69. The van der Waals surface area contributed by atoms with Crippen molar-refractivity contribution in [1.82, 2.24) is 9.78 Å². The molecule has 0 unspecified atom stereocenters. The van der Waals surface area contributed by atoms with E-state index in [9.17, 15) is 0 Å². The van der Waals surface area contributed by atoms with Crippen molar-refractivity contribution in [2.24, 2.45) is 0 Å². The maximum absolute atomic E-state index is 5.86. The number of hydrogen-bond acceptors (Lipinski definition) is 2. The van der Waals surface area contributed by atoms with Gasteiger partial charge in [0.05, 0.1) is 18.7 Å². The number of nitrogens with zero attached hydrogens (tertiary/aromatic N) is 2. The number of halogens is 1. The Morgan fingerprint density at radius 2 is 2.36 bits per heavy atom. The van der Waals surface area contributed by atoms with Crippen molar-refractivity contribution >= 4 is 22.5 Å². The van der Waals surface area contributed by atoms with E-state index in [1.165, 1.54) is 0 Å². The molecule has 0 atom stereocenters. The van der Waals surface area contributed by atoms with Gasteiger partial charge in [0, 0.05) is 23.7 Å². The number of methoxy groups -OCH3 is 1. The van der Waals surface area contributed by atoms with Gasteiger partial charge >= 0.3 is 0 Å². The minimum atomic E-state index is 0.668. The highest BCUT2D eigenvalue weighted by atomic mass is 35.5. The quantitative estimate of drug-likeness (QED) is 0.778. The molecule has 0 saturated carbocycles. The second kappa shape index (κ2) is 3.98. The molecule has 1 heterocycles. The first kappa shape index (κ1) is 9.49. The Morgan fingerprint density at radius 1 is 1.50 bits per heavy atom. The molecule has 0 fully saturated rings. The first-order valence-corrected chi connectivity index (χ1v) is 4.79. The lowest BCUT2D eigenvalue weighted by molar-refractivity contribution is 0.184. The average molecular weight is 211 g/mol. The molecule has 2 rings (SSSR count). The van der Waals surface area contributed by atoms with Crippen LogP contribution in [0.25, 0.3) is 10.9 Å². The SMILES string of the molecule is COCCn1cc2ccc(Cl)cc2n1. The summed E-state index contributed by atoms with van der Waals surface area (Å²) in [6.45, 7) is 1.44. The third kappa shape index (κ3) is 1.89. The molecule has 74 valence electrons. The van der Waals surface area contributed by atoms with Crippen LogP contribution in [0.15, 0.2) is 24.4 Å². The zero-order valence-electron chi connectivity index (χ0n) is 7.90. The van der Waals surface area contributed by atoms with Crippen LogP contribution in [0.1, 0.15) is 0 Å². The zero-order valence-corrected chi connectivity index (χ0v) is 8.66. The lowest BCUT2D eigenvalue weighted by atomic mass is 10.3. The van der Waals surface area contributed by atoms with E-state index in [0.29, 0.717) is 6.61 Å². The van der Waals surface area contributed by atoms with Crippen molar-refractivity contribution in [3.05, 3.63) is 29.4 Å². The highest BCUT2D eigenvalue weighted by molar-refractivity contribution is 6.31. The van der Waals surface area contributed by atoms with Gasteiger partial charge in [0.15, 0.2) is 0 Å². The Kier molecular flexibility index (Phi) is 2.70. The first-order chi connectivity index (χ1) is 6.79. The van der Waals surface area contributed by atoms with Gasteiger partial charge in [0.25, 0.3) is 0 Å². The molecule has 0 amide bonds. The van der Waals surface area contributed by atoms with Crippen LogP contribution in [0, 0.1) is 0 Å². The highest BCUT2D eigenvalue weighted by Crippen LogP contribution is 2.17. The average Bonchev–Trinajstić information content (AvgIpc) is 2.56. The van der Waals surface area contributed by atoms with E-state index in [2.05, 4.69) is 5.10 Å². The van der Waals surface area contributed by atoms with Crippen LogP contribution in [0.2, 0.25) is 5.02 Å². The van der Waals surface area contributed by atoms with E-state index >= 15 is 0 Å². The number of benzene rings is 1. The molecule has 2 aromatic rings. The van der Waals surface area contributed by atoms with Crippen molar-refractivity contribution in [3.63, 3.8) is 0 Å². The largest absolute Gasteiger partial charge is 0.383 e. The summed E-state index contributed by atoms with van der Waals surface area (Å²) < 4.78 is 6.84. The van der Waals surface area contributed by atoms with Crippen LogP contribution >= 0.6 is 11.6 Å². The molecule has 0 radical (unpaired) electrons.